The number of rotatable bonds is 5. The first-order chi connectivity index (χ1) is 14.0. The zero-order chi connectivity index (χ0) is 20.4. The summed E-state index contributed by atoms with van der Waals surface area (Å²) in [4.78, 5) is 29.4. The molecule has 0 aliphatic rings. The molecule has 0 atom stereocenters. The number of nitrogens with zero attached hydrogens (tertiary/aromatic N) is 3. The highest BCUT2D eigenvalue weighted by atomic mass is 35.5. The van der Waals surface area contributed by atoms with Crippen LogP contribution in [0.2, 0.25) is 5.02 Å². The molecule has 0 spiro atoms. The summed E-state index contributed by atoms with van der Waals surface area (Å²) in [6.45, 7) is 1.94. The van der Waals surface area contributed by atoms with Crippen LogP contribution in [0.5, 0.6) is 5.75 Å². The number of amides is 1. The summed E-state index contributed by atoms with van der Waals surface area (Å²) in [5, 5.41) is 8.26. The maximum absolute atomic E-state index is 12.3. The summed E-state index contributed by atoms with van der Waals surface area (Å²) < 4.78 is 7.03. The molecule has 0 radical (unpaired) electrons. The summed E-state index contributed by atoms with van der Waals surface area (Å²) in [5.74, 6) is 0.293. The quantitative estimate of drug-likeness (QED) is 0.522. The standard InChI is InChI=1S/C20H15ClN4O3S/c1-12-24-25-18(26)10-16(23-20(25)29-12)11-28-17-4-2-3-15(9-17)22-19(27)13-5-7-14(21)8-6-13/h2-10H,11H2,1H3,(H,22,27). The SMILES string of the molecule is Cc1nn2c(=O)cc(COc3cccc(NC(=O)c4ccc(Cl)cc4)c3)nc2s1. The van der Waals surface area contributed by atoms with Crippen molar-refractivity contribution < 1.29 is 9.53 Å². The van der Waals surface area contributed by atoms with Crippen LogP contribution in [0, 0.1) is 6.92 Å². The molecule has 2 heterocycles. The van der Waals surface area contributed by atoms with E-state index in [-0.39, 0.29) is 18.1 Å². The topological polar surface area (TPSA) is 85.6 Å². The number of fused-ring (bicyclic) bond motifs is 1. The third kappa shape index (κ3) is 4.44. The molecule has 0 aliphatic carbocycles. The Morgan fingerprint density at radius 1 is 1.21 bits per heavy atom. The van der Waals surface area contributed by atoms with E-state index in [1.54, 1.807) is 48.5 Å². The van der Waals surface area contributed by atoms with Gasteiger partial charge in [0.15, 0.2) is 0 Å². The number of aromatic nitrogens is 3. The number of halogens is 1. The van der Waals surface area contributed by atoms with Crippen molar-refractivity contribution in [1.82, 2.24) is 14.6 Å². The van der Waals surface area contributed by atoms with E-state index in [4.69, 9.17) is 16.3 Å². The first-order valence-electron chi connectivity index (χ1n) is 8.64. The summed E-state index contributed by atoms with van der Waals surface area (Å²) in [6.07, 6.45) is 0. The highest BCUT2D eigenvalue weighted by Gasteiger charge is 2.09. The van der Waals surface area contributed by atoms with Crippen LogP contribution in [0.3, 0.4) is 0 Å². The maximum Gasteiger partial charge on any atom is 0.275 e. The Morgan fingerprint density at radius 2 is 2.00 bits per heavy atom. The smallest absolute Gasteiger partial charge is 0.275 e. The predicted octanol–water partition coefficient (Wildman–Crippen LogP) is 3.94. The van der Waals surface area contributed by atoms with E-state index in [0.29, 0.717) is 32.7 Å². The Bertz CT molecular complexity index is 1250. The second-order valence-corrected chi connectivity index (χ2v) is 7.78. The first-order valence-corrected chi connectivity index (χ1v) is 9.83. The van der Waals surface area contributed by atoms with Crippen LogP contribution in [-0.2, 0) is 6.61 Å². The third-order valence-corrected chi connectivity index (χ3v) is 5.06. The molecule has 0 saturated heterocycles. The zero-order valence-electron chi connectivity index (χ0n) is 15.3. The monoisotopic (exact) mass is 426 g/mol. The Kier molecular flexibility index (Phi) is 5.28. The molecule has 9 heteroatoms. The Morgan fingerprint density at radius 3 is 2.79 bits per heavy atom. The fraction of sp³-hybridized carbons (Fsp3) is 0.100. The van der Waals surface area contributed by atoms with Crippen LogP contribution < -0.4 is 15.6 Å². The van der Waals surface area contributed by atoms with E-state index in [1.165, 1.54) is 21.9 Å². The van der Waals surface area contributed by atoms with Gasteiger partial charge in [-0.1, -0.05) is 29.0 Å². The molecule has 0 fully saturated rings. The van der Waals surface area contributed by atoms with Crippen LogP contribution in [0.1, 0.15) is 21.1 Å². The van der Waals surface area contributed by atoms with Crippen LogP contribution in [0.4, 0.5) is 5.69 Å². The average Bonchev–Trinajstić information content (AvgIpc) is 3.08. The Labute approximate surface area is 174 Å². The Hall–Kier alpha value is -3.23. The van der Waals surface area contributed by atoms with Crippen molar-refractivity contribution in [2.75, 3.05) is 5.32 Å². The number of hydrogen-bond donors (Lipinski definition) is 1. The number of nitrogens with one attached hydrogen (secondary N) is 1. The van der Waals surface area contributed by atoms with Gasteiger partial charge in [0.1, 0.15) is 17.4 Å². The summed E-state index contributed by atoms with van der Waals surface area (Å²) in [7, 11) is 0. The molecule has 29 heavy (non-hydrogen) atoms. The number of carbonyl (C=O) groups excluding carboxylic acids is 1. The number of anilines is 1. The first kappa shape index (κ1) is 19.1. The molecular formula is C20H15ClN4O3S. The lowest BCUT2D eigenvalue weighted by Crippen LogP contribution is -2.16. The average molecular weight is 427 g/mol. The summed E-state index contributed by atoms with van der Waals surface area (Å²) in [6, 6.07) is 15.0. The van der Waals surface area contributed by atoms with Gasteiger partial charge in [0, 0.05) is 28.4 Å². The van der Waals surface area contributed by atoms with E-state index in [1.807, 2.05) is 6.92 Å². The van der Waals surface area contributed by atoms with Crippen LogP contribution in [0.15, 0.2) is 59.4 Å². The molecule has 0 bridgehead atoms. The number of hydrogen-bond acceptors (Lipinski definition) is 6. The van der Waals surface area contributed by atoms with Crippen molar-refractivity contribution in [3.05, 3.63) is 86.2 Å². The maximum atomic E-state index is 12.3. The fourth-order valence-corrected chi connectivity index (χ4v) is 3.54. The molecule has 0 saturated carbocycles. The van der Waals surface area contributed by atoms with Gasteiger partial charge in [0.25, 0.3) is 11.5 Å². The molecule has 146 valence electrons. The molecule has 4 aromatic rings. The van der Waals surface area contributed by atoms with Gasteiger partial charge in [-0.05, 0) is 43.3 Å². The largest absolute Gasteiger partial charge is 0.487 e. The molecule has 1 amide bonds. The van der Waals surface area contributed by atoms with E-state index in [2.05, 4.69) is 15.4 Å². The minimum atomic E-state index is -0.250. The molecule has 2 aromatic heterocycles. The minimum Gasteiger partial charge on any atom is -0.487 e. The predicted molar refractivity (Wildman–Crippen MR) is 112 cm³/mol. The van der Waals surface area contributed by atoms with Gasteiger partial charge in [0.05, 0.1) is 5.69 Å². The number of carbonyl (C=O) groups is 1. The normalized spacial score (nSPS) is 10.8. The van der Waals surface area contributed by atoms with Gasteiger partial charge in [-0.15, -0.1) is 0 Å². The fourth-order valence-electron chi connectivity index (χ4n) is 2.65. The Balaban J connectivity index is 1.46. The van der Waals surface area contributed by atoms with Gasteiger partial charge < -0.3 is 10.1 Å². The van der Waals surface area contributed by atoms with Gasteiger partial charge in [-0.25, -0.2) is 4.98 Å². The van der Waals surface area contributed by atoms with E-state index in [9.17, 15) is 9.59 Å². The minimum absolute atomic E-state index is 0.122. The lowest BCUT2D eigenvalue weighted by molar-refractivity contribution is 0.102. The second-order valence-electron chi connectivity index (χ2n) is 6.18. The van der Waals surface area contributed by atoms with Crippen LogP contribution in [-0.4, -0.2) is 20.5 Å². The van der Waals surface area contributed by atoms with E-state index < -0.39 is 0 Å². The lowest BCUT2D eigenvalue weighted by atomic mass is 10.2. The van der Waals surface area contributed by atoms with Crippen molar-refractivity contribution in [1.29, 1.82) is 0 Å². The highest BCUT2D eigenvalue weighted by Crippen LogP contribution is 2.20. The van der Waals surface area contributed by atoms with Crippen molar-refractivity contribution in [2.45, 2.75) is 13.5 Å². The zero-order valence-corrected chi connectivity index (χ0v) is 16.8. The second kappa shape index (κ2) is 8.02. The summed E-state index contributed by atoms with van der Waals surface area (Å²) >= 11 is 7.19. The molecule has 0 unspecified atom stereocenters. The van der Waals surface area contributed by atoms with Gasteiger partial charge in [-0.2, -0.15) is 9.61 Å². The van der Waals surface area contributed by atoms with Gasteiger partial charge >= 0.3 is 0 Å². The van der Waals surface area contributed by atoms with Gasteiger partial charge in [-0.3, -0.25) is 9.59 Å². The lowest BCUT2D eigenvalue weighted by Gasteiger charge is -2.09. The van der Waals surface area contributed by atoms with Crippen LogP contribution in [0.25, 0.3) is 4.96 Å². The summed E-state index contributed by atoms with van der Waals surface area (Å²) in [5.41, 5.74) is 1.35. The van der Waals surface area contributed by atoms with Crippen LogP contribution >= 0.6 is 22.9 Å². The number of aryl methyl sites for hydroxylation is 1. The molecule has 4 rings (SSSR count). The van der Waals surface area contributed by atoms with Crippen molar-refractivity contribution >= 4 is 39.5 Å². The molecule has 7 nitrogen and oxygen atoms in total. The number of ether oxygens (including phenoxy) is 1. The molecule has 0 aliphatic heterocycles. The van der Waals surface area contributed by atoms with Crippen molar-refractivity contribution in [2.24, 2.45) is 0 Å². The van der Waals surface area contributed by atoms with E-state index >= 15 is 0 Å². The van der Waals surface area contributed by atoms with Crippen molar-refractivity contribution in [3.8, 4) is 5.75 Å². The van der Waals surface area contributed by atoms with E-state index in [0.717, 1.165) is 5.01 Å². The highest BCUT2D eigenvalue weighted by molar-refractivity contribution is 7.16. The molecule has 1 N–H and O–H groups in total. The molecule has 2 aromatic carbocycles. The van der Waals surface area contributed by atoms with Gasteiger partial charge in [0.2, 0.25) is 4.96 Å². The molecular weight excluding hydrogens is 412 g/mol. The third-order valence-electron chi connectivity index (χ3n) is 3.98. The number of benzene rings is 2. The van der Waals surface area contributed by atoms with Crippen molar-refractivity contribution in [3.63, 3.8) is 0 Å².